The molecule has 1 aromatic heterocycles. The Kier molecular flexibility index (Phi) is 9.60. The number of phenols is 1. The largest absolute Gasteiger partial charge is 0.504 e. The van der Waals surface area contributed by atoms with Crippen molar-refractivity contribution in [3.8, 4) is 40.5 Å². The molecule has 13 heteroatoms. The quantitative estimate of drug-likeness (QED) is 0.0984. The molecule has 0 bridgehead atoms. The van der Waals surface area contributed by atoms with Crippen molar-refractivity contribution in [1.82, 2.24) is 9.88 Å². The molecule has 1 aliphatic heterocycles. The van der Waals surface area contributed by atoms with Crippen LogP contribution in [0.2, 0.25) is 0 Å². The standard InChI is InChI=1S/C33H31F2N5O6/c1-3-43-26(42)13-10-19-6-4-8-22(16-19)44-29-27(34)32(45-23-9-5-7-21(17-23)31-38-14-15-40(31)2)39-33(28(29)35)46-25-18-20(30(36)37)11-12-24(25)41/h4-9,11-12,16-18,41H,3,10,13-15H2,1-2H3,(H3,36,37). The van der Waals surface area contributed by atoms with Gasteiger partial charge in [0, 0.05) is 31.1 Å². The van der Waals surface area contributed by atoms with Gasteiger partial charge >= 0.3 is 5.97 Å². The molecule has 5 rings (SSSR count). The average molecular weight is 632 g/mol. The van der Waals surface area contributed by atoms with Gasteiger partial charge in [0.2, 0.25) is 17.4 Å². The first-order valence-electron chi connectivity index (χ1n) is 14.3. The lowest BCUT2D eigenvalue weighted by atomic mass is 10.1. The highest BCUT2D eigenvalue weighted by atomic mass is 19.1. The summed E-state index contributed by atoms with van der Waals surface area (Å²) in [5.74, 6) is -5.38. The van der Waals surface area contributed by atoms with Crippen LogP contribution in [-0.2, 0) is 16.0 Å². The summed E-state index contributed by atoms with van der Waals surface area (Å²) in [6.07, 6.45) is 0.415. The Morgan fingerprint density at radius 3 is 2.41 bits per heavy atom. The Balaban J connectivity index is 1.52. The van der Waals surface area contributed by atoms with E-state index in [1.807, 2.05) is 18.0 Å². The maximum Gasteiger partial charge on any atom is 0.306 e. The number of nitrogens with two attached hydrogens (primary N) is 1. The lowest BCUT2D eigenvalue weighted by molar-refractivity contribution is -0.143. The van der Waals surface area contributed by atoms with Crippen molar-refractivity contribution in [2.75, 3.05) is 26.7 Å². The fraction of sp³-hybridized carbons (Fsp3) is 0.212. The zero-order valence-corrected chi connectivity index (χ0v) is 25.0. The molecular formula is C33H31F2N5O6. The number of pyridine rings is 1. The molecular weight excluding hydrogens is 600 g/mol. The van der Waals surface area contributed by atoms with Gasteiger partial charge in [-0.25, -0.2) is 0 Å². The van der Waals surface area contributed by atoms with Crippen molar-refractivity contribution in [2.45, 2.75) is 19.8 Å². The van der Waals surface area contributed by atoms with Crippen molar-refractivity contribution in [1.29, 1.82) is 5.41 Å². The first-order valence-corrected chi connectivity index (χ1v) is 14.3. The van der Waals surface area contributed by atoms with E-state index in [4.69, 9.17) is 30.1 Å². The number of aromatic nitrogens is 1. The number of rotatable bonds is 12. The number of hydrogen-bond acceptors (Lipinski definition) is 10. The first-order chi connectivity index (χ1) is 22.1. The molecule has 238 valence electrons. The Hall–Kier alpha value is -5.72. The Morgan fingerprint density at radius 1 is 1.00 bits per heavy atom. The van der Waals surface area contributed by atoms with Crippen LogP contribution in [0.4, 0.5) is 8.78 Å². The minimum Gasteiger partial charge on any atom is -0.504 e. The number of aliphatic imine (C=N–C) groups is 1. The second-order valence-corrected chi connectivity index (χ2v) is 10.2. The summed E-state index contributed by atoms with van der Waals surface area (Å²) in [5.41, 5.74) is 7.12. The molecule has 0 fully saturated rings. The van der Waals surface area contributed by atoms with E-state index < -0.39 is 34.9 Å². The van der Waals surface area contributed by atoms with Gasteiger partial charge in [0.15, 0.2) is 11.5 Å². The molecule has 0 saturated carbocycles. The van der Waals surface area contributed by atoms with Gasteiger partial charge in [-0.2, -0.15) is 13.8 Å². The van der Waals surface area contributed by atoms with E-state index in [1.54, 1.807) is 37.3 Å². The van der Waals surface area contributed by atoms with Gasteiger partial charge in [0.1, 0.15) is 23.2 Å². The highest BCUT2D eigenvalue weighted by Gasteiger charge is 2.27. The van der Waals surface area contributed by atoms with Gasteiger partial charge in [-0.15, -0.1) is 0 Å². The van der Waals surface area contributed by atoms with E-state index >= 15 is 8.78 Å². The summed E-state index contributed by atoms with van der Waals surface area (Å²) in [4.78, 5) is 22.2. The SMILES string of the molecule is CCOC(=O)CCc1cccc(Oc2c(F)c(Oc3cccc(C4=NCCN4C)c3)nc(Oc3cc(C(=N)N)ccc3O)c2F)c1. The van der Waals surface area contributed by atoms with E-state index in [2.05, 4.69) is 9.98 Å². The second kappa shape index (κ2) is 13.9. The summed E-state index contributed by atoms with van der Waals surface area (Å²) in [5, 5.41) is 18.0. The van der Waals surface area contributed by atoms with E-state index in [0.29, 0.717) is 18.5 Å². The number of nitrogens with one attached hydrogen (secondary N) is 1. The van der Waals surface area contributed by atoms with E-state index in [0.717, 1.165) is 17.9 Å². The number of esters is 1. The van der Waals surface area contributed by atoms with Crippen LogP contribution in [0.25, 0.3) is 0 Å². The van der Waals surface area contributed by atoms with Gasteiger partial charge in [0.05, 0.1) is 13.2 Å². The number of amidine groups is 2. The molecule has 0 spiro atoms. The van der Waals surface area contributed by atoms with Crippen molar-refractivity contribution in [3.63, 3.8) is 0 Å². The number of carbonyl (C=O) groups excluding carboxylic acids is 1. The van der Waals surface area contributed by atoms with Crippen molar-refractivity contribution in [2.24, 2.45) is 10.7 Å². The van der Waals surface area contributed by atoms with Crippen LogP contribution in [0.1, 0.15) is 30.0 Å². The zero-order chi connectivity index (χ0) is 32.8. The number of phenolic OH excluding ortho intramolecular Hbond substituents is 1. The summed E-state index contributed by atoms with van der Waals surface area (Å²) >= 11 is 0. The second-order valence-electron chi connectivity index (χ2n) is 10.2. The van der Waals surface area contributed by atoms with Gasteiger partial charge in [-0.3, -0.25) is 15.2 Å². The molecule has 0 amide bonds. The summed E-state index contributed by atoms with van der Waals surface area (Å²) < 4.78 is 54.0. The minimum absolute atomic E-state index is 0.0629. The van der Waals surface area contributed by atoms with Gasteiger partial charge in [-0.05, 0) is 61.4 Å². The van der Waals surface area contributed by atoms with Crippen LogP contribution >= 0.6 is 0 Å². The number of benzene rings is 3. The molecule has 0 atom stereocenters. The number of aryl methyl sites for hydroxylation is 1. The van der Waals surface area contributed by atoms with Crippen LogP contribution in [0.3, 0.4) is 0 Å². The van der Waals surface area contributed by atoms with Gasteiger partial charge in [0.25, 0.3) is 11.8 Å². The fourth-order valence-corrected chi connectivity index (χ4v) is 4.59. The molecule has 4 N–H and O–H groups in total. The molecule has 0 saturated heterocycles. The monoisotopic (exact) mass is 631 g/mol. The molecule has 0 unspecified atom stereocenters. The van der Waals surface area contributed by atoms with E-state index in [-0.39, 0.29) is 47.6 Å². The Morgan fingerprint density at radius 2 is 1.72 bits per heavy atom. The lowest BCUT2D eigenvalue weighted by Gasteiger charge is -2.17. The number of aromatic hydroxyl groups is 1. The highest BCUT2D eigenvalue weighted by molar-refractivity contribution is 6.00. The van der Waals surface area contributed by atoms with Crippen LogP contribution < -0.4 is 19.9 Å². The fourth-order valence-electron chi connectivity index (χ4n) is 4.59. The van der Waals surface area contributed by atoms with Crippen molar-refractivity contribution >= 4 is 17.6 Å². The van der Waals surface area contributed by atoms with Crippen LogP contribution in [0.5, 0.6) is 40.5 Å². The molecule has 46 heavy (non-hydrogen) atoms. The third-order valence-electron chi connectivity index (χ3n) is 6.86. The minimum atomic E-state index is -1.33. The molecule has 0 aliphatic carbocycles. The third-order valence-corrected chi connectivity index (χ3v) is 6.86. The van der Waals surface area contributed by atoms with Crippen molar-refractivity contribution in [3.05, 3.63) is 95.1 Å². The number of hydrogen-bond donors (Lipinski definition) is 3. The predicted molar refractivity (Wildman–Crippen MR) is 165 cm³/mol. The maximum absolute atomic E-state index is 16.0. The normalized spacial score (nSPS) is 12.4. The van der Waals surface area contributed by atoms with Crippen LogP contribution in [0, 0.1) is 17.0 Å². The van der Waals surface area contributed by atoms with Gasteiger partial charge in [-0.1, -0.05) is 24.3 Å². The van der Waals surface area contributed by atoms with E-state index in [9.17, 15) is 9.90 Å². The summed E-state index contributed by atoms with van der Waals surface area (Å²) in [6.45, 7) is 3.34. The molecule has 0 radical (unpaired) electrons. The summed E-state index contributed by atoms with van der Waals surface area (Å²) in [6, 6.07) is 16.9. The van der Waals surface area contributed by atoms with Gasteiger partial charge < -0.3 is 34.7 Å². The Bertz CT molecular complexity index is 1820. The number of likely N-dealkylation sites (N-methyl/N-ethyl adjacent to an activating group) is 1. The molecule has 2 heterocycles. The molecule has 11 nitrogen and oxygen atoms in total. The average Bonchev–Trinajstić information content (AvgIpc) is 3.47. The molecule has 4 aromatic rings. The smallest absolute Gasteiger partial charge is 0.306 e. The maximum atomic E-state index is 16.0. The molecule has 3 aromatic carbocycles. The number of nitrogen functional groups attached to an aromatic ring is 1. The lowest BCUT2D eigenvalue weighted by Crippen LogP contribution is -2.23. The van der Waals surface area contributed by atoms with Crippen LogP contribution in [0.15, 0.2) is 71.7 Å². The third kappa shape index (κ3) is 7.32. The molecule has 1 aliphatic rings. The number of nitrogens with zero attached hydrogens (tertiary/aromatic N) is 3. The van der Waals surface area contributed by atoms with Crippen LogP contribution in [-0.4, -0.2) is 59.4 Å². The number of carbonyl (C=O) groups is 1. The van der Waals surface area contributed by atoms with E-state index in [1.165, 1.54) is 30.3 Å². The Labute approximate surface area is 263 Å². The summed E-state index contributed by atoms with van der Waals surface area (Å²) in [7, 11) is 1.90. The number of ether oxygens (including phenoxy) is 4. The first kappa shape index (κ1) is 31.7. The van der Waals surface area contributed by atoms with Crippen molar-refractivity contribution < 1.29 is 37.6 Å². The number of halogens is 2. The predicted octanol–water partition coefficient (Wildman–Crippen LogP) is 5.91. The zero-order valence-electron chi connectivity index (χ0n) is 25.0. The topological polar surface area (TPSA) is 153 Å². The highest BCUT2D eigenvalue weighted by Crippen LogP contribution is 2.41.